The first-order chi connectivity index (χ1) is 12.7. The predicted octanol–water partition coefficient (Wildman–Crippen LogP) is 2.67. The van der Waals surface area contributed by atoms with Gasteiger partial charge in [0.1, 0.15) is 24.1 Å². The molecule has 2 aliphatic heterocycles. The van der Waals surface area contributed by atoms with Crippen LogP contribution in [0.5, 0.6) is 0 Å². The summed E-state index contributed by atoms with van der Waals surface area (Å²) in [6, 6.07) is 9.86. The Bertz CT molecular complexity index is 735. The molecule has 2 aromatic rings. The average molecular weight is 375 g/mol. The Hall–Kier alpha value is -1.89. The number of aromatic nitrogens is 2. The van der Waals surface area contributed by atoms with Crippen molar-refractivity contribution in [1.29, 1.82) is 0 Å². The van der Waals surface area contributed by atoms with Crippen LogP contribution in [0, 0.1) is 0 Å². The van der Waals surface area contributed by atoms with Gasteiger partial charge in [-0.25, -0.2) is 9.97 Å². The van der Waals surface area contributed by atoms with Crippen molar-refractivity contribution in [3.05, 3.63) is 47.2 Å². The molecular weight excluding hydrogens is 352 g/mol. The zero-order valence-corrected chi connectivity index (χ0v) is 15.3. The van der Waals surface area contributed by atoms with Crippen LogP contribution in [-0.2, 0) is 4.74 Å². The second-order valence-corrected chi connectivity index (χ2v) is 7.25. The van der Waals surface area contributed by atoms with E-state index in [4.69, 9.17) is 16.3 Å². The van der Waals surface area contributed by atoms with E-state index in [0.717, 1.165) is 61.2 Å². The number of piperidine rings is 1. The van der Waals surface area contributed by atoms with Crippen molar-refractivity contribution < 1.29 is 9.84 Å². The molecule has 0 bridgehead atoms. The highest BCUT2D eigenvalue weighted by atomic mass is 35.5. The van der Waals surface area contributed by atoms with Gasteiger partial charge < -0.3 is 19.6 Å². The molecule has 0 amide bonds. The van der Waals surface area contributed by atoms with Crippen LogP contribution in [0.3, 0.4) is 0 Å². The Balaban J connectivity index is 1.48. The van der Waals surface area contributed by atoms with E-state index in [-0.39, 0.29) is 12.2 Å². The first kappa shape index (κ1) is 17.5. The number of aliphatic hydroxyl groups is 1. The van der Waals surface area contributed by atoms with Crippen molar-refractivity contribution in [3.63, 3.8) is 0 Å². The number of nitrogens with zero attached hydrogens (tertiary/aromatic N) is 4. The Morgan fingerprint density at radius 2 is 1.69 bits per heavy atom. The van der Waals surface area contributed by atoms with Crippen molar-refractivity contribution in [1.82, 2.24) is 9.97 Å². The van der Waals surface area contributed by atoms with Crippen molar-refractivity contribution >= 4 is 23.2 Å². The van der Waals surface area contributed by atoms with E-state index in [9.17, 15) is 5.11 Å². The van der Waals surface area contributed by atoms with Gasteiger partial charge in [-0.1, -0.05) is 23.7 Å². The first-order valence-electron chi connectivity index (χ1n) is 9.06. The molecule has 1 aromatic heterocycles. The Labute approximate surface area is 158 Å². The number of aliphatic hydroxyl groups excluding tert-OH is 1. The molecule has 2 aliphatic rings. The SMILES string of the molecule is OC1CCN(c2cc(N3CCO[C@@H](c4ccc(Cl)cc4)C3)ncn2)CC1. The molecule has 1 N–H and O–H groups in total. The fraction of sp³-hybridized carbons (Fsp3) is 0.474. The summed E-state index contributed by atoms with van der Waals surface area (Å²) in [5, 5.41) is 10.4. The molecule has 0 spiro atoms. The van der Waals surface area contributed by atoms with Crippen LogP contribution in [-0.4, -0.2) is 54.0 Å². The van der Waals surface area contributed by atoms with E-state index < -0.39 is 0 Å². The maximum Gasteiger partial charge on any atom is 0.134 e. The fourth-order valence-corrected chi connectivity index (χ4v) is 3.64. The van der Waals surface area contributed by atoms with Crippen molar-refractivity contribution in [2.75, 3.05) is 42.6 Å². The van der Waals surface area contributed by atoms with Gasteiger partial charge in [0, 0.05) is 37.3 Å². The summed E-state index contributed by atoms with van der Waals surface area (Å²) < 4.78 is 5.95. The number of ether oxygens (including phenoxy) is 1. The smallest absolute Gasteiger partial charge is 0.134 e. The normalized spacial score (nSPS) is 21.8. The van der Waals surface area contributed by atoms with E-state index in [1.807, 2.05) is 30.3 Å². The molecule has 0 saturated carbocycles. The topological polar surface area (TPSA) is 61.7 Å². The van der Waals surface area contributed by atoms with Crippen LogP contribution in [0.2, 0.25) is 5.02 Å². The van der Waals surface area contributed by atoms with Gasteiger partial charge in [0.05, 0.1) is 12.7 Å². The number of rotatable bonds is 3. The summed E-state index contributed by atoms with van der Waals surface area (Å²) in [5.41, 5.74) is 1.12. The number of hydrogen-bond acceptors (Lipinski definition) is 6. The highest BCUT2D eigenvalue weighted by molar-refractivity contribution is 6.30. The third-order valence-corrected chi connectivity index (χ3v) is 5.31. The summed E-state index contributed by atoms with van der Waals surface area (Å²) in [7, 11) is 0. The van der Waals surface area contributed by atoms with Crippen molar-refractivity contribution in [2.24, 2.45) is 0 Å². The summed E-state index contributed by atoms with van der Waals surface area (Å²) in [4.78, 5) is 13.4. The van der Waals surface area contributed by atoms with Gasteiger partial charge in [-0.2, -0.15) is 0 Å². The van der Waals surface area contributed by atoms with Gasteiger partial charge in [-0.05, 0) is 30.5 Å². The van der Waals surface area contributed by atoms with Crippen LogP contribution in [0.1, 0.15) is 24.5 Å². The molecule has 6 nitrogen and oxygen atoms in total. The van der Waals surface area contributed by atoms with Crippen LogP contribution >= 0.6 is 11.6 Å². The molecule has 0 aliphatic carbocycles. The Morgan fingerprint density at radius 3 is 2.42 bits per heavy atom. The third-order valence-electron chi connectivity index (χ3n) is 5.06. The molecule has 0 radical (unpaired) electrons. The largest absolute Gasteiger partial charge is 0.393 e. The lowest BCUT2D eigenvalue weighted by molar-refractivity contribution is 0.0395. The van der Waals surface area contributed by atoms with Crippen molar-refractivity contribution in [3.8, 4) is 0 Å². The van der Waals surface area contributed by atoms with Gasteiger partial charge in [0.25, 0.3) is 0 Å². The minimum atomic E-state index is -0.188. The number of morpholine rings is 1. The average Bonchev–Trinajstić information content (AvgIpc) is 2.69. The van der Waals surface area contributed by atoms with E-state index in [0.29, 0.717) is 6.61 Å². The maximum absolute atomic E-state index is 9.70. The standard InChI is InChI=1S/C19H23ClN4O2/c20-15-3-1-14(2-4-15)17-12-24(9-10-26-17)19-11-18(21-13-22-19)23-7-5-16(25)6-8-23/h1-4,11,13,16-17,25H,5-10,12H2/t17-/m1/s1. The first-order valence-corrected chi connectivity index (χ1v) is 9.44. The van der Waals surface area contributed by atoms with Gasteiger partial charge in [-0.3, -0.25) is 0 Å². The maximum atomic E-state index is 9.70. The van der Waals surface area contributed by atoms with E-state index in [1.54, 1.807) is 6.33 Å². The quantitative estimate of drug-likeness (QED) is 0.891. The van der Waals surface area contributed by atoms with E-state index >= 15 is 0 Å². The monoisotopic (exact) mass is 374 g/mol. The zero-order chi connectivity index (χ0) is 17.9. The molecule has 138 valence electrons. The summed E-state index contributed by atoms with van der Waals surface area (Å²) in [6.45, 7) is 3.86. The number of hydrogen-bond donors (Lipinski definition) is 1. The van der Waals surface area contributed by atoms with Crippen LogP contribution < -0.4 is 9.80 Å². The molecule has 2 saturated heterocycles. The number of benzene rings is 1. The molecule has 26 heavy (non-hydrogen) atoms. The van der Waals surface area contributed by atoms with Crippen molar-refractivity contribution in [2.45, 2.75) is 25.0 Å². The third kappa shape index (κ3) is 3.92. The molecular formula is C19H23ClN4O2. The highest BCUT2D eigenvalue weighted by Crippen LogP contribution is 2.28. The van der Waals surface area contributed by atoms with Gasteiger partial charge in [0.15, 0.2) is 0 Å². The number of halogens is 1. The molecule has 7 heteroatoms. The Kier molecular flexibility index (Phi) is 5.24. The summed E-state index contributed by atoms with van der Waals surface area (Å²) in [5.74, 6) is 1.85. The molecule has 0 unspecified atom stereocenters. The summed E-state index contributed by atoms with van der Waals surface area (Å²) in [6.07, 6.45) is 3.02. The second kappa shape index (κ2) is 7.78. The molecule has 1 aromatic carbocycles. The predicted molar refractivity (Wildman–Crippen MR) is 102 cm³/mol. The highest BCUT2D eigenvalue weighted by Gasteiger charge is 2.24. The summed E-state index contributed by atoms with van der Waals surface area (Å²) >= 11 is 5.99. The van der Waals surface area contributed by atoms with Gasteiger partial charge in [0.2, 0.25) is 0 Å². The lowest BCUT2D eigenvalue weighted by Crippen LogP contribution is -2.39. The van der Waals surface area contributed by atoms with Crippen LogP contribution in [0.25, 0.3) is 0 Å². The minimum absolute atomic E-state index is 0.00423. The molecule has 3 heterocycles. The lowest BCUT2D eigenvalue weighted by atomic mass is 10.1. The van der Waals surface area contributed by atoms with Gasteiger partial charge >= 0.3 is 0 Å². The second-order valence-electron chi connectivity index (χ2n) is 6.81. The van der Waals surface area contributed by atoms with Gasteiger partial charge in [-0.15, -0.1) is 0 Å². The van der Waals surface area contributed by atoms with Crippen LogP contribution in [0.4, 0.5) is 11.6 Å². The molecule has 1 atom stereocenters. The van der Waals surface area contributed by atoms with Crippen LogP contribution in [0.15, 0.2) is 36.7 Å². The van der Waals surface area contributed by atoms with E-state index in [2.05, 4.69) is 19.8 Å². The van der Waals surface area contributed by atoms with E-state index in [1.165, 1.54) is 0 Å². The number of anilines is 2. The lowest BCUT2D eigenvalue weighted by Gasteiger charge is -2.35. The zero-order valence-electron chi connectivity index (χ0n) is 14.6. The molecule has 4 rings (SSSR count). The molecule has 2 fully saturated rings. The fourth-order valence-electron chi connectivity index (χ4n) is 3.51. The minimum Gasteiger partial charge on any atom is -0.393 e. The Morgan fingerprint density at radius 1 is 1.00 bits per heavy atom.